The summed E-state index contributed by atoms with van der Waals surface area (Å²) in [5.74, 6) is 2.50. The molecule has 9 heteroatoms. The third-order valence-electron chi connectivity index (χ3n) is 5.93. The van der Waals surface area contributed by atoms with Gasteiger partial charge in [-0.3, -0.25) is 4.79 Å². The van der Waals surface area contributed by atoms with Gasteiger partial charge in [-0.05, 0) is 37.6 Å². The highest BCUT2D eigenvalue weighted by Crippen LogP contribution is 2.23. The van der Waals surface area contributed by atoms with E-state index in [1.54, 1.807) is 11.6 Å². The van der Waals surface area contributed by atoms with Gasteiger partial charge in [0.15, 0.2) is 11.5 Å². The molecule has 170 valence electrons. The minimum Gasteiger partial charge on any atom is -0.497 e. The van der Waals surface area contributed by atoms with Gasteiger partial charge in [-0.15, -0.1) is 15.3 Å². The number of carbonyl (C=O) groups is 1. The van der Waals surface area contributed by atoms with Crippen LogP contribution in [-0.2, 0) is 11.2 Å². The minimum absolute atomic E-state index is 0.0286. The second-order valence-electron chi connectivity index (χ2n) is 8.13. The molecular weight excluding hydrogens is 406 g/mol. The van der Waals surface area contributed by atoms with E-state index >= 15 is 0 Å². The van der Waals surface area contributed by atoms with E-state index < -0.39 is 0 Å². The summed E-state index contributed by atoms with van der Waals surface area (Å²) in [5, 5.41) is 16.2. The van der Waals surface area contributed by atoms with Crippen molar-refractivity contribution in [2.45, 2.75) is 39.2 Å². The van der Waals surface area contributed by atoms with Crippen LogP contribution in [0.15, 0.2) is 36.4 Å². The van der Waals surface area contributed by atoms with Crippen LogP contribution in [0.25, 0.3) is 5.65 Å². The second-order valence-corrected chi connectivity index (χ2v) is 8.13. The minimum atomic E-state index is 0.0286. The van der Waals surface area contributed by atoms with Crippen LogP contribution in [0.4, 0.5) is 11.5 Å². The summed E-state index contributed by atoms with van der Waals surface area (Å²) in [6.45, 7) is 7.59. The van der Waals surface area contributed by atoms with Gasteiger partial charge in [0.2, 0.25) is 5.91 Å². The fourth-order valence-electron chi connectivity index (χ4n) is 3.82. The van der Waals surface area contributed by atoms with Crippen LogP contribution in [0.2, 0.25) is 0 Å². The lowest BCUT2D eigenvalue weighted by Gasteiger charge is -2.36. The molecule has 4 rings (SSSR count). The van der Waals surface area contributed by atoms with Gasteiger partial charge in [-0.1, -0.05) is 13.0 Å². The van der Waals surface area contributed by atoms with Crippen LogP contribution in [-0.4, -0.2) is 65.0 Å². The molecule has 1 fully saturated rings. The van der Waals surface area contributed by atoms with Crippen molar-refractivity contribution in [3.05, 3.63) is 42.2 Å². The van der Waals surface area contributed by atoms with Gasteiger partial charge in [0.1, 0.15) is 11.6 Å². The molecule has 0 bridgehead atoms. The molecule has 1 aromatic carbocycles. The van der Waals surface area contributed by atoms with Crippen molar-refractivity contribution in [2.75, 3.05) is 43.1 Å². The lowest BCUT2D eigenvalue weighted by atomic mass is 10.2. The number of benzene rings is 1. The van der Waals surface area contributed by atoms with Crippen LogP contribution in [0, 0.1) is 0 Å². The van der Waals surface area contributed by atoms with Gasteiger partial charge in [0.05, 0.1) is 7.11 Å². The monoisotopic (exact) mass is 437 g/mol. The number of aromatic nitrogens is 4. The Morgan fingerprint density at radius 2 is 1.91 bits per heavy atom. The van der Waals surface area contributed by atoms with Crippen molar-refractivity contribution in [1.29, 1.82) is 0 Å². The topological polar surface area (TPSA) is 87.9 Å². The summed E-state index contributed by atoms with van der Waals surface area (Å²) in [6.07, 6.45) is 1.79. The third kappa shape index (κ3) is 4.92. The Labute approximate surface area is 188 Å². The first-order valence-electron chi connectivity index (χ1n) is 11.2. The molecule has 1 amide bonds. The first kappa shape index (κ1) is 21.9. The number of carbonyl (C=O) groups excluding carboxylic acids is 1. The fraction of sp³-hybridized carbons (Fsp3) is 0.478. The van der Waals surface area contributed by atoms with Crippen LogP contribution < -0.4 is 19.9 Å². The summed E-state index contributed by atoms with van der Waals surface area (Å²) >= 11 is 0. The summed E-state index contributed by atoms with van der Waals surface area (Å²) in [5.41, 5.74) is 1.87. The number of methoxy groups -OCH3 is 1. The number of amides is 1. The van der Waals surface area contributed by atoms with Crippen molar-refractivity contribution in [3.63, 3.8) is 0 Å². The van der Waals surface area contributed by atoms with E-state index in [1.165, 1.54) is 5.69 Å². The second kappa shape index (κ2) is 9.84. The van der Waals surface area contributed by atoms with Gasteiger partial charge in [0, 0.05) is 56.8 Å². The molecule has 1 aliphatic rings. The molecule has 0 aliphatic carbocycles. The molecule has 1 N–H and O–H groups in total. The number of piperazine rings is 1. The van der Waals surface area contributed by atoms with Gasteiger partial charge in [0.25, 0.3) is 0 Å². The van der Waals surface area contributed by atoms with E-state index in [2.05, 4.69) is 44.4 Å². The molecule has 0 spiro atoms. The smallest absolute Gasteiger partial charge is 0.220 e. The molecule has 1 saturated heterocycles. The number of nitrogens with zero attached hydrogens (tertiary/aromatic N) is 6. The maximum atomic E-state index is 12.1. The zero-order valence-corrected chi connectivity index (χ0v) is 19.0. The molecule has 0 unspecified atom stereocenters. The summed E-state index contributed by atoms with van der Waals surface area (Å²) in [7, 11) is 1.69. The molecular formula is C23H31N7O2. The predicted molar refractivity (Wildman–Crippen MR) is 124 cm³/mol. The molecule has 0 radical (unpaired) electrons. The van der Waals surface area contributed by atoms with E-state index in [1.807, 2.05) is 31.2 Å². The maximum Gasteiger partial charge on any atom is 0.220 e. The third-order valence-corrected chi connectivity index (χ3v) is 5.93. The van der Waals surface area contributed by atoms with Crippen molar-refractivity contribution < 1.29 is 9.53 Å². The van der Waals surface area contributed by atoms with Crippen molar-refractivity contribution in [3.8, 4) is 5.75 Å². The Balaban J connectivity index is 1.40. The SMILES string of the molecule is CC[C@@H](C)NC(=O)CCc1nnc2ccc(N3CCN(c4cccc(OC)c4)CC3)nn12. The molecule has 0 saturated carbocycles. The largest absolute Gasteiger partial charge is 0.497 e. The van der Waals surface area contributed by atoms with E-state index in [4.69, 9.17) is 9.84 Å². The van der Waals surface area contributed by atoms with E-state index in [-0.39, 0.29) is 11.9 Å². The Bertz CT molecular complexity index is 1060. The highest BCUT2D eigenvalue weighted by Gasteiger charge is 2.20. The quantitative estimate of drug-likeness (QED) is 0.579. The zero-order valence-electron chi connectivity index (χ0n) is 19.0. The summed E-state index contributed by atoms with van der Waals surface area (Å²) in [6, 6.07) is 12.3. The van der Waals surface area contributed by atoms with E-state index in [0.717, 1.165) is 44.2 Å². The molecule has 1 atom stereocenters. The highest BCUT2D eigenvalue weighted by atomic mass is 16.5. The molecule has 1 aliphatic heterocycles. The van der Waals surface area contributed by atoms with E-state index in [9.17, 15) is 4.79 Å². The van der Waals surface area contributed by atoms with Crippen LogP contribution in [0.3, 0.4) is 0 Å². The number of hydrogen-bond donors (Lipinski definition) is 1. The highest BCUT2D eigenvalue weighted by molar-refractivity contribution is 5.76. The summed E-state index contributed by atoms with van der Waals surface area (Å²) < 4.78 is 7.12. The molecule has 32 heavy (non-hydrogen) atoms. The summed E-state index contributed by atoms with van der Waals surface area (Å²) in [4.78, 5) is 16.8. The molecule has 3 heterocycles. The van der Waals surface area contributed by atoms with Crippen LogP contribution >= 0.6 is 0 Å². The number of ether oxygens (including phenoxy) is 1. The molecule has 9 nitrogen and oxygen atoms in total. The van der Waals surface area contributed by atoms with Gasteiger partial charge in [-0.25, -0.2) is 0 Å². The van der Waals surface area contributed by atoms with E-state index in [0.29, 0.717) is 24.3 Å². The average Bonchev–Trinajstić information content (AvgIpc) is 3.25. The van der Waals surface area contributed by atoms with Gasteiger partial charge < -0.3 is 19.9 Å². The van der Waals surface area contributed by atoms with Gasteiger partial charge in [-0.2, -0.15) is 4.52 Å². The van der Waals surface area contributed by atoms with Crippen molar-refractivity contribution >= 4 is 23.1 Å². The number of fused-ring (bicyclic) bond motifs is 1. The van der Waals surface area contributed by atoms with Crippen LogP contribution in [0.5, 0.6) is 5.75 Å². The Morgan fingerprint density at radius 3 is 2.66 bits per heavy atom. The lowest BCUT2D eigenvalue weighted by Crippen LogP contribution is -2.47. The average molecular weight is 438 g/mol. The number of anilines is 2. The lowest BCUT2D eigenvalue weighted by molar-refractivity contribution is -0.121. The number of rotatable bonds is 8. The number of hydrogen-bond acceptors (Lipinski definition) is 7. The van der Waals surface area contributed by atoms with Crippen LogP contribution in [0.1, 0.15) is 32.5 Å². The number of nitrogens with one attached hydrogen (secondary N) is 1. The molecule has 2 aromatic heterocycles. The normalized spacial score (nSPS) is 15.1. The zero-order chi connectivity index (χ0) is 22.5. The standard InChI is InChI=1S/C23H31N7O2/c1-4-17(2)24-23(31)11-10-21-26-25-20-8-9-22(27-30(20)21)29-14-12-28(13-15-29)18-6-5-7-19(16-18)32-3/h5-9,16-17H,4,10-15H2,1-3H3,(H,24,31)/t17-/m1/s1. The molecule has 3 aromatic rings. The Kier molecular flexibility index (Phi) is 6.72. The van der Waals surface area contributed by atoms with Crippen molar-refractivity contribution in [1.82, 2.24) is 25.1 Å². The first-order valence-corrected chi connectivity index (χ1v) is 11.2. The fourth-order valence-corrected chi connectivity index (χ4v) is 3.82. The predicted octanol–water partition coefficient (Wildman–Crippen LogP) is 2.31. The van der Waals surface area contributed by atoms with Crippen molar-refractivity contribution in [2.24, 2.45) is 0 Å². The first-order chi connectivity index (χ1) is 15.6. The Morgan fingerprint density at radius 1 is 1.12 bits per heavy atom. The number of aryl methyl sites for hydroxylation is 1. The maximum absolute atomic E-state index is 12.1. The van der Waals surface area contributed by atoms with Gasteiger partial charge >= 0.3 is 0 Å². The Hall–Kier alpha value is -3.36.